The number of Topliss-reactive ketones (excluding diaryl/α,β-unsaturated/α-hetero) is 1. The summed E-state index contributed by atoms with van der Waals surface area (Å²) in [5, 5.41) is 17.2. The van der Waals surface area contributed by atoms with Gasteiger partial charge in [-0.25, -0.2) is 0 Å². The largest absolute Gasteiger partial charge is 0.388 e. The highest BCUT2D eigenvalue weighted by atomic mass is 16.5. The number of aromatic amines is 1. The zero-order valence-corrected chi connectivity index (χ0v) is 28.7. The Balaban J connectivity index is 1.52. The van der Waals surface area contributed by atoms with E-state index in [1.54, 1.807) is 20.8 Å². The van der Waals surface area contributed by atoms with Crippen molar-refractivity contribution < 1.29 is 38.6 Å². The SMILES string of the molecule is CC(=O)c1[nH]c(C)c(C(=O)N2CC(=O)N3CCC[C@H]3C(=O)N(C)[C@@H](C)C(=O)N[C@@H](Cc3ccccc3)C(=O)N[C@H]3CCO[C@H](C2)[C@H]3O)c1C. The van der Waals surface area contributed by atoms with Crippen LogP contribution in [0.15, 0.2) is 30.3 Å². The Kier molecular flexibility index (Phi) is 10.9. The third kappa shape index (κ3) is 7.54. The first-order valence-electron chi connectivity index (χ1n) is 16.8. The van der Waals surface area contributed by atoms with Gasteiger partial charge >= 0.3 is 0 Å². The van der Waals surface area contributed by atoms with Crippen molar-refractivity contribution in [3.8, 4) is 0 Å². The Morgan fingerprint density at radius 1 is 1.02 bits per heavy atom. The minimum atomic E-state index is -1.26. The van der Waals surface area contributed by atoms with Crippen molar-refractivity contribution in [2.24, 2.45) is 0 Å². The van der Waals surface area contributed by atoms with Gasteiger partial charge in [0.2, 0.25) is 23.6 Å². The number of aryl methyl sites for hydroxylation is 1. The van der Waals surface area contributed by atoms with Gasteiger partial charge in [-0.3, -0.25) is 28.8 Å². The third-order valence-electron chi connectivity index (χ3n) is 9.98. The number of ether oxygens (including phenoxy) is 1. The summed E-state index contributed by atoms with van der Waals surface area (Å²) in [5.74, 6) is -2.77. The van der Waals surface area contributed by atoms with E-state index in [0.29, 0.717) is 24.1 Å². The van der Waals surface area contributed by atoms with E-state index in [0.717, 1.165) is 5.56 Å². The molecule has 3 aliphatic heterocycles. The number of benzene rings is 1. The Morgan fingerprint density at radius 3 is 2.41 bits per heavy atom. The predicted molar refractivity (Wildman–Crippen MR) is 178 cm³/mol. The Morgan fingerprint density at radius 2 is 1.73 bits per heavy atom. The standard InChI is InChI=1S/C35H46N6O8/c1-19-29(20(2)36-30(19)22(4)42)35(48)40-17-27-31(44)24(13-15-49-27)37-33(46)25(16-23-10-7-6-8-11-23)38-32(45)21(3)39(5)34(47)26-12-9-14-41(26)28(43)18-40/h6-8,10-11,21,24-27,31,36,44H,9,12-18H2,1-5H3,(H,37,46)(H,38,45)/t21-,24-,25-,26-,27+,31-/m0/s1. The van der Waals surface area contributed by atoms with Crippen molar-refractivity contribution in [1.29, 1.82) is 0 Å². The average Bonchev–Trinajstić information content (AvgIpc) is 3.68. The van der Waals surface area contributed by atoms with Gasteiger partial charge in [0, 0.05) is 39.2 Å². The van der Waals surface area contributed by atoms with Gasteiger partial charge < -0.3 is 40.2 Å². The number of aliphatic hydroxyl groups excluding tert-OH is 1. The molecule has 0 aliphatic carbocycles. The van der Waals surface area contributed by atoms with Gasteiger partial charge in [0.25, 0.3) is 5.91 Å². The summed E-state index contributed by atoms with van der Waals surface area (Å²) in [6.45, 7) is 6.07. The summed E-state index contributed by atoms with van der Waals surface area (Å²) in [6.07, 6.45) is -0.893. The van der Waals surface area contributed by atoms with Gasteiger partial charge in [-0.05, 0) is 51.2 Å². The summed E-state index contributed by atoms with van der Waals surface area (Å²) in [7, 11) is 1.49. The molecule has 4 N–H and O–H groups in total. The van der Waals surface area contributed by atoms with Gasteiger partial charge in [-0.15, -0.1) is 0 Å². The number of hydrogen-bond donors (Lipinski definition) is 4. The number of aromatic nitrogens is 1. The molecule has 49 heavy (non-hydrogen) atoms. The molecule has 14 nitrogen and oxygen atoms in total. The number of hydrogen-bond acceptors (Lipinski definition) is 8. The molecule has 2 aromatic rings. The van der Waals surface area contributed by atoms with Crippen LogP contribution in [0.25, 0.3) is 0 Å². The van der Waals surface area contributed by atoms with Crippen molar-refractivity contribution in [2.45, 2.75) is 89.8 Å². The van der Waals surface area contributed by atoms with E-state index in [4.69, 9.17) is 4.74 Å². The van der Waals surface area contributed by atoms with E-state index in [9.17, 15) is 33.9 Å². The maximum Gasteiger partial charge on any atom is 0.256 e. The molecule has 3 aliphatic rings. The van der Waals surface area contributed by atoms with Crippen molar-refractivity contribution >= 4 is 35.3 Å². The molecule has 0 saturated carbocycles. The van der Waals surface area contributed by atoms with Crippen LogP contribution >= 0.6 is 0 Å². The third-order valence-corrected chi connectivity index (χ3v) is 9.98. The van der Waals surface area contributed by atoms with E-state index in [1.807, 2.05) is 30.3 Å². The molecule has 1 aromatic heterocycles. The molecule has 0 radical (unpaired) electrons. The molecule has 14 heteroatoms. The topological polar surface area (TPSA) is 181 Å². The first kappa shape index (κ1) is 35.7. The van der Waals surface area contributed by atoms with Gasteiger partial charge in [-0.1, -0.05) is 30.3 Å². The highest BCUT2D eigenvalue weighted by molar-refractivity contribution is 6.04. The van der Waals surface area contributed by atoms with Crippen LogP contribution in [0.1, 0.15) is 70.8 Å². The number of ketones is 1. The minimum absolute atomic E-state index is 0.152. The normalized spacial score (nSPS) is 27.3. The molecule has 3 saturated heterocycles. The van der Waals surface area contributed by atoms with E-state index in [2.05, 4.69) is 15.6 Å². The molecular formula is C35H46N6O8. The Labute approximate surface area is 285 Å². The van der Waals surface area contributed by atoms with Crippen molar-refractivity contribution in [3.63, 3.8) is 0 Å². The lowest BCUT2D eigenvalue weighted by molar-refractivity contribution is -0.147. The van der Waals surface area contributed by atoms with E-state index >= 15 is 0 Å². The minimum Gasteiger partial charge on any atom is -0.388 e. The van der Waals surface area contributed by atoms with Crippen molar-refractivity contribution in [3.05, 3.63) is 58.4 Å². The van der Waals surface area contributed by atoms with Crippen LogP contribution in [0, 0.1) is 13.8 Å². The monoisotopic (exact) mass is 678 g/mol. The fourth-order valence-electron chi connectivity index (χ4n) is 7.02. The first-order chi connectivity index (χ1) is 23.3. The van der Waals surface area contributed by atoms with Crippen LogP contribution in [-0.2, 0) is 30.3 Å². The first-order valence-corrected chi connectivity index (χ1v) is 16.8. The van der Waals surface area contributed by atoms with Gasteiger partial charge in [0.05, 0.1) is 23.8 Å². The number of nitrogens with zero attached hydrogens (tertiary/aromatic N) is 3. The number of carbonyl (C=O) groups is 6. The molecule has 1 aromatic carbocycles. The second kappa shape index (κ2) is 14.9. The lowest BCUT2D eigenvalue weighted by Crippen LogP contribution is -2.60. The zero-order chi connectivity index (χ0) is 35.6. The van der Waals surface area contributed by atoms with Crippen molar-refractivity contribution in [2.75, 3.05) is 33.3 Å². The number of H-pyrrole nitrogens is 1. The van der Waals surface area contributed by atoms with Gasteiger partial charge in [-0.2, -0.15) is 0 Å². The highest BCUT2D eigenvalue weighted by Crippen LogP contribution is 2.25. The number of amides is 5. The molecule has 264 valence electrons. The zero-order valence-electron chi connectivity index (χ0n) is 28.7. The molecule has 2 bridgehead atoms. The van der Waals surface area contributed by atoms with Crippen LogP contribution in [0.5, 0.6) is 0 Å². The maximum atomic E-state index is 14.2. The van der Waals surface area contributed by atoms with Gasteiger partial charge in [0.15, 0.2) is 5.78 Å². The molecule has 0 spiro atoms. The summed E-state index contributed by atoms with van der Waals surface area (Å²) >= 11 is 0. The fraction of sp³-hybridized carbons (Fsp3) is 0.543. The summed E-state index contributed by atoms with van der Waals surface area (Å²) in [6, 6.07) is 5.54. The molecule has 5 amide bonds. The summed E-state index contributed by atoms with van der Waals surface area (Å²) in [5.41, 5.74) is 2.20. The maximum absolute atomic E-state index is 14.2. The lowest BCUT2D eigenvalue weighted by Gasteiger charge is -2.38. The quantitative estimate of drug-likeness (QED) is 0.337. The van der Waals surface area contributed by atoms with Crippen LogP contribution in [0.4, 0.5) is 0 Å². The van der Waals surface area contributed by atoms with Crippen molar-refractivity contribution in [1.82, 2.24) is 30.3 Å². The molecular weight excluding hydrogens is 632 g/mol. The number of likely N-dealkylation sites (N-methyl/N-ethyl adjacent to an activating group) is 1. The predicted octanol–water partition coefficient (Wildman–Crippen LogP) is 0.490. The highest BCUT2D eigenvalue weighted by Gasteiger charge is 2.42. The number of fused-ring (bicyclic) bond motifs is 3. The molecule has 5 rings (SSSR count). The van der Waals surface area contributed by atoms with Gasteiger partial charge in [0.1, 0.15) is 36.9 Å². The average molecular weight is 679 g/mol. The molecule has 0 unspecified atom stereocenters. The summed E-state index contributed by atoms with van der Waals surface area (Å²) in [4.78, 5) is 88.6. The lowest BCUT2D eigenvalue weighted by atomic mass is 9.97. The van der Waals surface area contributed by atoms with E-state index in [1.165, 1.54) is 28.7 Å². The van der Waals surface area contributed by atoms with Crippen LogP contribution < -0.4 is 10.6 Å². The van der Waals surface area contributed by atoms with Crippen LogP contribution in [0.3, 0.4) is 0 Å². The number of carbonyl (C=O) groups excluding carboxylic acids is 6. The fourth-order valence-corrected chi connectivity index (χ4v) is 7.02. The number of aliphatic hydroxyl groups is 1. The molecule has 4 heterocycles. The van der Waals surface area contributed by atoms with Crippen LogP contribution in [0.2, 0.25) is 0 Å². The molecule has 3 fully saturated rings. The van der Waals surface area contributed by atoms with E-state index < -0.39 is 72.5 Å². The smallest absolute Gasteiger partial charge is 0.256 e. The number of nitrogens with one attached hydrogen (secondary N) is 3. The Bertz CT molecular complexity index is 1610. The van der Waals surface area contributed by atoms with E-state index in [-0.39, 0.29) is 49.6 Å². The molecule has 6 atom stereocenters. The summed E-state index contributed by atoms with van der Waals surface area (Å²) < 4.78 is 5.94. The second-order valence-electron chi connectivity index (χ2n) is 13.3. The number of rotatable bonds is 4. The second-order valence-corrected chi connectivity index (χ2v) is 13.3. The van der Waals surface area contributed by atoms with Crippen LogP contribution in [-0.4, -0.2) is 130 Å². The Hall–Kier alpha value is -4.56.